The molecule has 0 atom stereocenters. The molecule has 0 N–H and O–H groups in total. The van der Waals surface area contributed by atoms with E-state index in [0.29, 0.717) is 0 Å². The summed E-state index contributed by atoms with van der Waals surface area (Å²) in [5.41, 5.74) is 10.3. The van der Waals surface area contributed by atoms with Gasteiger partial charge < -0.3 is 4.90 Å². The van der Waals surface area contributed by atoms with E-state index in [2.05, 4.69) is 150 Å². The van der Waals surface area contributed by atoms with Crippen LogP contribution >= 0.6 is 0 Å². The molecule has 55 heavy (non-hydrogen) atoms. The molecule has 0 spiro atoms. The van der Waals surface area contributed by atoms with E-state index in [-0.39, 0.29) is 5.41 Å². The number of benzene rings is 6. The molecule has 7 nitrogen and oxygen atoms in total. The summed E-state index contributed by atoms with van der Waals surface area (Å²) in [5.74, 6) is 0. The van der Waals surface area contributed by atoms with Gasteiger partial charge in [0, 0.05) is 16.5 Å². The van der Waals surface area contributed by atoms with Crippen LogP contribution in [0.4, 0.5) is 17.1 Å². The van der Waals surface area contributed by atoms with Crippen LogP contribution in [0.15, 0.2) is 145 Å². The van der Waals surface area contributed by atoms with Gasteiger partial charge in [-0.25, -0.2) is 0 Å². The molecule has 0 radical (unpaired) electrons. The lowest BCUT2D eigenvalue weighted by Gasteiger charge is -2.26. The Morgan fingerprint density at radius 3 is 1.58 bits per heavy atom. The zero-order valence-electron chi connectivity index (χ0n) is 32.6. The molecule has 0 aromatic heterocycles. The van der Waals surface area contributed by atoms with Crippen LogP contribution in [0.5, 0.6) is 0 Å². The van der Waals surface area contributed by atoms with Crippen LogP contribution < -0.4 is 37.0 Å². The highest BCUT2D eigenvalue weighted by Crippen LogP contribution is 2.51. The first-order valence-corrected chi connectivity index (χ1v) is 19.2. The van der Waals surface area contributed by atoms with E-state index in [1.807, 2.05) is 26.0 Å². The van der Waals surface area contributed by atoms with E-state index in [0.717, 1.165) is 65.9 Å². The Hall–Kier alpha value is -6.08. The van der Waals surface area contributed by atoms with Crippen molar-refractivity contribution in [3.63, 3.8) is 0 Å². The summed E-state index contributed by atoms with van der Waals surface area (Å²) in [7, 11) is 0. The van der Waals surface area contributed by atoms with Gasteiger partial charge in [0.05, 0.1) is 33.1 Å². The molecule has 10 rings (SSSR count). The first kappa shape index (κ1) is 33.5. The van der Waals surface area contributed by atoms with Crippen LogP contribution in [0.25, 0.3) is 33.4 Å². The molecule has 6 aromatic carbocycles. The number of rotatable bonds is 5. The van der Waals surface area contributed by atoms with Crippen molar-refractivity contribution in [1.29, 1.82) is 0 Å². The standard InChI is InChI=1S/C48H43N7/c1-45(2)33-20-13-12-18-32(33)39-30(19-14-21-34(39)45)31-25-27-38(44-41(31)51-48(7,8)54-44)55(36-23-15-22-35-42(36)52-46(3,4)49-35)37-26-24-29(28-16-10-9-11-17-28)40-43(37)53-47(5,6)50-40/h9-27H,1-8H3. The van der Waals surface area contributed by atoms with Gasteiger partial charge in [-0.2, -0.15) is 0 Å². The predicted octanol–water partition coefficient (Wildman–Crippen LogP) is 7.76. The van der Waals surface area contributed by atoms with Gasteiger partial charge in [0.2, 0.25) is 0 Å². The van der Waals surface area contributed by atoms with Gasteiger partial charge in [-0.15, -0.1) is 0 Å². The predicted molar refractivity (Wildman–Crippen MR) is 219 cm³/mol. The fourth-order valence-corrected chi connectivity index (χ4v) is 9.02. The Bertz CT molecular complexity index is 3050. The second-order valence-corrected chi connectivity index (χ2v) is 17.1. The van der Waals surface area contributed by atoms with Gasteiger partial charge in [-0.3, -0.25) is 30.0 Å². The van der Waals surface area contributed by atoms with Crippen molar-refractivity contribution in [3.05, 3.63) is 159 Å². The van der Waals surface area contributed by atoms with Crippen LogP contribution in [-0.2, 0) is 5.41 Å². The fraction of sp³-hybridized carbons (Fsp3) is 0.250. The second kappa shape index (κ2) is 11.2. The van der Waals surface area contributed by atoms with E-state index in [4.69, 9.17) is 30.0 Å². The molecular formula is C48H43N7. The number of fused-ring (bicyclic) bond motifs is 6. The molecule has 0 saturated carbocycles. The van der Waals surface area contributed by atoms with Crippen LogP contribution in [0, 0.1) is 0 Å². The van der Waals surface area contributed by atoms with E-state index in [1.54, 1.807) is 0 Å². The minimum Gasteiger partial charge on any atom is -0.304 e. The molecular weight excluding hydrogens is 675 g/mol. The minimum absolute atomic E-state index is 0.118. The molecule has 1 aliphatic carbocycles. The third-order valence-electron chi connectivity index (χ3n) is 11.3. The van der Waals surface area contributed by atoms with Crippen molar-refractivity contribution in [1.82, 2.24) is 0 Å². The zero-order chi connectivity index (χ0) is 38.1. The van der Waals surface area contributed by atoms with E-state index >= 15 is 0 Å². The Labute approximate surface area is 320 Å². The third kappa shape index (κ3) is 5.09. The Morgan fingerprint density at radius 2 is 0.873 bits per heavy atom. The molecule has 7 heteroatoms. The van der Waals surface area contributed by atoms with Crippen LogP contribution in [0.2, 0.25) is 0 Å². The molecule has 0 bridgehead atoms. The average Bonchev–Trinajstić information content (AvgIpc) is 3.84. The van der Waals surface area contributed by atoms with Crippen molar-refractivity contribution in [3.8, 4) is 33.4 Å². The largest absolute Gasteiger partial charge is 0.304 e. The summed E-state index contributed by atoms with van der Waals surface area (Å²) in [6.07, 6.45) is 0. The lowest BCUT2D eigenvalue weighted by Crippen LogP contribution is -2.38. The lowest BCUT2D eigenvalue weighted by atomic mass is 9.82. The fourth-order valence-electron chi connectivity index (χ4n) is 9.02. The molecule has 3 aliphatic heterocycles. The Balaban J connectivity index is 1.29. The summed E-state index contributed by atoms with van der Waals surface area (Å²) in [6, 6.07) is 41.0. The maximum Gasteiger partial charge on any atom is 0.146 e. The SMILES string of the molecule is CC1(C)N=c2cccc(N(c3ccc(-c4ccccc4)c4c3=NC(C)(C)N=4)c3ccc(-c4cccc5c4-c4ccccc4C5(C)C)c4c3=NC(C)(C)N=4)c2=N1. The van der Waals surface area contributed by atoms with Crippen LogP contribution in [0.3, 0.4) is 0 Å². The number of para-hydroxylation sites is 1. The van der Waals surface area contributed by atoms with E-state index in [1.165, 1.54) is 27.8 Å². The second-order valence-electron chi connectivity index (χ2n) is 17.1. The topological polar surface area (TPSA) is 77.4 Å². The monoisotopic (exact) mass is 717 g/mol. The van der Waals surface area contributed by atoms with Gasteiger partial charge in [-0.05, 0) is 111 Å². The molecule has 0 fully saturated rings. The maximum atomic E-state index is 5.40. The maximum absolute atomic E-state index is 5.40. The summed E-state index contributed by atoms with van der Waals surface area (Å²) in [4.78, 5) is 33.8. The van der Waals surface area contributed by atoms with Crippen LogP contribution in [0.1, 0.15) is 66.5 Å². The van der Waals surface area contributed by atoms with Gasteiger partial charge >= 0.3 is 0 Å². The number of anilines is 3. The van der Waals surface area contributed by atoms with Crippen molar-refractivity contribution in [2.24, 2.45) is 30.0 Å². The van der Waals surface area contributed by atoms with E-state index < -0.39 is 17.0 Å². The highest BCUT2D eigenvalue weighted by atomic mass is 15.2. The van der Waals surface area contributed by atoms with Crippen molar-refractivity contribution in [2.75, 3.05) is 4.90 Å². The molecule has 270 valence electrons. The Kier molecular flexibility index (Phi) is 6.84. The smallest absolute Gasteiger partial charge is 0.146 e. The zero-order valence-corrected chi connectivity index (χ0v) is 32.6. The number of hydrogen-bond donors (Lipinski definition) is 0. The number of hydrogen-bond acceptors (Lipinski definition) is 7. The van der Waals surface area contributed by atoms with Crippen LogP contribution in [-0.4, -0.2) is 17.0 Å². The lowest BCUT2D eigenvalue weighted by molar-refractivity contribution is 0.549. The van der Waals surface area contributed by atoms with Gasteiger partial charge in [-0.1, -0.05) is 92.7 Å². The summed E-state index contributed by atoms with van der Waals surface area (Å²) >= 11 is 0. The van der Waals surface area contributed by atoms with Gasteiger partial charge in [0.15, 0.2) is 0 Å². The molecule has 0 unspecified atom stereocenters. The summed E-state index contributed by atoms with van der Waals surface area (Å²) in [6.45, 7) is 17.0. The third-order valence-corrected chi connectivity index (χ3v) is 11.3. The average molecular weight is 718 g/mol. The van der Waals surface area contributed by atoms with Gasteiger partial charge in [0.1, 0.15) is 33.1 Å². The summed E-state index contributed by atoms with van der Waals surface area (Å²) in [5, 5.41) is 5.15. The first-order valence-electron chi connectivity index (χ1n) is 19.2. The van der Waals surface area contributed by atoms with Crippen molar-refractivity contribution < 1.29 is 0 Å². The molecule has 6 aromatic rings. The van der Waals surface area contributed by atoms with Gasteiger partial charge in [0.25, 0.3) is 0 Å². The molecule has 4 aliphatic rings. The highest BCUT2D eigenvalue weighted by molar-refractivity contribution is 5.93. The Morgan fingerprint density at radius 1 is 0.364 bits per heavy atom. The highest BCUT2D eigenvalue weighted by Gasteiger charge is 2.37. The van der Waals surface area contributed by atoms with E-state index in [9.17, 15) is 0 Å². The van der Waals surface area contributed by atoms with Crippen molar-refractivity contribution >= 4 is 17.1 Å². The summed E-state index contributed by atoms with van der Waals surface area (Å²) < 4.78 is 0. The normalized spacial score (nSPS) is 17.8. The first-order chi connectivity index (χ1) is 26.2. The molecule has 0 amide bonds. The minimum atomic E-state index is -0.671. The molecule has 0 saturated heterocycles. The number of nitrogens with zero attached hydrogens (tertiary/aromatic N) is 7. The van der Waals surface area contributed by atoms with Crippen molar-refractivity contribution in [2.45, 2.75) is 77.8 Å². The quantitative estimate of drug-likeness (QED) is 0.180. The molecule has 3 heterocycles.